The van der Waals surface area contributed by atoms with Crippen LogP contribution >= 0.6 is 28.3 Å². The van der Waals surface area contributed by atoms with Gasteiger partial charge in [-0.2, -0.15) is 5.10 Å². The van der Waals surface area contributed by atoms with Crippen molar-refractivity contribution in [2.45, 2.75) is 25.8 Å². The molecule has 1 aliphatic rings. The second-order valence-corrected chi connectivity index (χ2v) is 6.68. The van der Waals surface area contributed by atoms with Crippen LogP contribution in [0.15, 0.2) is 28.7 Å². The monoisotopic (exact) mass is 428 g/mol. The summed E-state index contributed by atoms with van der Waals surface area (Å²) < 4.78 is 6.41. The Morgan fingerprint density at radius 2 is 2.16 bits per heavy atom. The Hall–Kier alpha value is -1.41. The molecule has 1 aromatic carbocycles. The number of hydrogen-bond acceptors (Lipinski definition) is 4. The van der Waals surface area contributed by atoms with E-state index in [0.717, 1.165) is 34.3 Å². The van der Waals surface area contributed by atoms with E-state index in [9.17, 15) is 4.79 Å². The Kier molecular flexibility index (Phi) is 7.43. The summed E-state index contributed by atoms with van der Waals surface area (Å²) in [5, 5.41) is 13.6. The minimum atomic E-state index is -0.0541. The lowest BCUT2D eigenvalue weighted by molar-refractivity contribution is -0.117. The van der Waals surface area contributed by atoms with Gasteiger partial charge in [0.05, 0.1) is 18.9 Å². The fraction of sp³-hybridized carbons (Fsp3) is 0.412. The van der Waals surface area contributed by atoms with Crippen LogP contribution in [0.2, 0.25) is 0 Å². The lowest BCUT2D eigenvalue weighted by atomic mass is 10.1. The number of H-pyrrole nitrogens is 1. The third-order valence-electron chi connectivity index (χ3n) is 4.04. The third-order valence-corrected chi connectivity index (χ3v) is 4.57. The molecule has 25 heavy (non-hydrogen) atoms. The predicted molar refractivity (Wildman–Crippen MR) is 104 cm³/mol. The van der Waals surface area contributed by atoms with E-state index < -0.39 is 0 Å². The number of aromatic nitrogens is 2. The number of aromatic amines is 1. The molecule has 3 rings (SSSR count). The Morgan fingerprint density at radius 3 is 2.80 bits per heavy atom. The standard InChI is InChI=1S/C17H21BrN4O2.ClH/c1-2-14-16(11-3-5-12(18)6-4-11)21-22-17(14)20-15(23)9-13-10-24-8-7-19-13;/h3-6,13,19H,2,7-10H2,1H3,(H2,20,21,22,23);1H. The number of ether oxygens (including phenoxy) is 1. The number of carbonyl (C=O) groups excluding carboxylic acids is 1. The van der Waals surface area contributed by atoms with Crippen LogP contribution in [0.1, 0.15) is 18.9 Å². The number of nitrogens with one attached hydrogen (secondary N) is 3. The smallest absolute Gasteiger partial charge is 0.227 e. The molecule has 136 valence electrons. The molecule has 2 aromatic rings. The zero-order valence-corrected chi connectivity index (χ0v) is 16.4. The molecular weight excluding hydrogens is 408 g/mol. The maximum atomic E-state index is 12.3. The van der Waals surface area contributed by atoms with E-state index in [1.807, 2.05) is 24.3 Å². The quantitative estimate of drug-likeness (QED) is 0.682. The summed E-state index contributed by atoms with van der Waals surface area (Å²) in [6.45, 7) is 4.11. The molecule has 6 nitrogen and oxygen atoms in total. The molecule has 0 bridgehead atoms. The van der Waals surface area contributed by atoms with E-state index in [1.165, 1.54) is 0 Å². The molecule has 1 aromatic heterocycles. The first-order valence-electron chi connectivity index (χ1n) is 8.11. The van der Waals surface area contributed by atoms with Gasteiger partial charge in [0, 0.05) is 29.0 Å². The number of hydrogen-bond donors (Lipinski definition) is 3. The van der Waals surface area contributed by atoms with Crippen LogP contribution in [0.4, 0.5) is 5.82 Å². The minimum Gasteiger partial charge on any atom is -0.378 e. The minimum absolute atomic E-state index is 0. The van der Waals surface area contributed by atoms with E-state index in [-0.39, 0.29) is 24.4 Å². The molecule has 1 atom stereocenters. The van der Waals surface area contributed by atoms with E-state index in [0.29, 0.717) is 25.5 Å². The Balaban J connectivity index is 0.00000225. The van der Waals surface area contributed by atoms with Crippen molar-refractivity contribution in [3.8, 4) is 11.3 Å². The van der Waals surface area contributed by atoms with Crippen LogP contribution < -0.4 is 10.6 Å². The van der Waals surface area contributed by atoms with Crippen LogP contribution in [0.25, 0.3) is 11.3 Å². The van der Waals surface area contributed by atoms with Gasteiger partial charge in [-0.3, -0.25) is 9.89 Å². The van der Waals surface area contributed by atoms with Crippen molar-refractivity contribution >= 4 is 40.1 Å². The summed E-state index contributed by atoms with van der Waals surface area (Å²) in [6, 6.07) is 8.08. The van der Waals surface area contributed by atoms with Gasteiger partial charge >= 0.3 is 0 Å². The maximum absolute atomic E-state index is 12.3. The maximum Gasteiger partial charge on any atom is 0.227 e. The Morgan fingerprint density at radius 1 is 1.40 bits per heavy atom. The number of carbonyl (C=O) groups is 1. The number of benzene rings is 1. The molecule has 0 spiro atoms. The molecule has 1 amide bonds. The van der Waals surface area contributed by atoms with Crippen LogP contribution in [0.5, 0.6) is 0 Å². The van der Waals surface area contributed by atoms with E-state index in [4.69, 9.17) is 4.74 Å². The number of anilines is 1. The van der Waals surface area contributed by atoms with Gasteiger partial charge in [0.1, 0.15) is 0 Å². The highest BCUT2D eigenvalue weighted by molar-refractivity contribution is 9.10. The molecular formula is C17H22BrClN4O2. The zero-order chi connectivity index (χ0) is 16.9. The van der Waals surface area contributed by atoms with Crippen molar-refractivity contribution in [1.82, 2.24) is 15.5 Å². The molecule has 8 heteroatoms. The SMILES string of the molecule is CCc1c(NC(=O)CC2COCCN2)n[nH]c1-c1ccc(Br)cc1.Cl. The molecule has 1 aliphatic heterocycles. The highest BCUT2D eigenvalue weighted by Crippen LogP contribution is 2.28. The van der Waals surface area contributed by atoms with Crippen molar-refractivity contribution < 1.29 is 9.53 Å². The van der Waals surface area contributed by atoms with Crippen LogP contribution in [0.3, 0.4) is 0 Å². The third kappa shape index (κ3) is 5.04. The fourth-order valence-corrected chi connectivity index (χ4v) is 3.09. The van der Waals surface area contributed by atoms with Gasteiger partial charge in [-0.25, -0.2) is 0 Å². The molecule has 1 fully saturated rings. The lowest BCUT2D eigenvalue weighted by Gasteiger charge is -2.23. The van der Waals surface area contributed by atoms with Crippen molar-refractivity contribution in [1.29, 1.82) is 0 Å². The number of halogens is 2. The topological polar surface area (TPSA) is 79.0 Å². The second-order valence-electron chi connectivity index (χ2n) is 5.76. The van der Waals surface area contributed by atoms with Gasteiger partial charge in [-0.1, -0.05) is 35.0 Å². The lowest BCUT2D eigenvalue weighted by Crippen LogP contribution is -2.43. The van der Waals surface area contributed by atoms with Crippen LogP contribution in [-0.2, 0) is 16.0 Å². The molecule has 1 unspecified atom stereocenters. The van der Waals surface area contributed by atoms with E-state index in [2.05, 4.69) is 43.7 Å². The van der Waals surface area contributed by atoms with Crippen molar-refractivity contribution in [2.75, 3.05) is 25.1 Å². The summed E-state index contributed by atoms with van der Waals surface area (Å²) in [5.74, 6) is 0.554. The average Bonchev–Trinajstić information content (AvgIpc) is 2.99. The second kappa shape index (κ2) is 9.33. The number of amides is 1. The first-order chi connectivity index (χ1) is 11.7. The van der Waals surface area contributed by atoms with E-state index in [1.54, 1.807) is 0 Å². The van der Waals surface area contributed by atoms with E-state index >= 15 is 0 Å². The number of nitrogens with zero attached hydrogens (tertiary/aromatic N) is 1. The van der Waals surface area contributed by atoms with Gasteiger partial charge in [-0.15, -0.1) is 12.4 Å². The normalized spacial score (nSPS) is 17.0. The number of rotatable bonds is 5. The number of morpholine rings is 1. The zero-order valence-electron chi connectivity index (χ0n) is 14.0. The fourth-order valence-electron chi connectivity index (χ4n) is 2.83. The van der Waals surface area contributed by atoms with Gasteiger partial charge in [0.2, 0.25) is 5.91 Å². The Bertz CT molecular complexity index is 699. The average molecular weight is 430 g/mol. The van der Waals surface area contributed by atoms with Gasteiger partial charge in [0.15, 0.2) is 5.82 Å². The van der Waals surface area contributed by atoms with Crippen molar-refractivity contribution in [2.24, 2.45) is 0 Å². The van der Waals surface area contributed by atoms with Crippen LogP contribution in [-0.4, -0.2) is 41.9 Å². The molecule has 1 saturated heterocycles. The molecule has 0 aliphatic carbocycles. The largest absolute Gasteiger partial charge is 0.378 e. The molecule has 0 radical (unpaired) electrons. The van der Waals surface area contributed by atoms with Gasteiger partial charge < -0.3 is 15.4 Å². The predicted octanol–water partition coefficient (Wildman–Crippen LogP) is 3.14. The van der Waals surface area contributed by atoms with Crippen molar-refractivity contribution in [3.05, 3.63) is 34.3 Å². The summed E-state index contributed by atoms with van der Waals surface area (Å²) in [7, 11) is 0. The van der Waals surface area contributed by atoms with Crippen molar-refractivity contribution in [3.63, 3.8) is 0 Å². The summed E-state index contributed by atoms with van der Waals surface area (Å²) in [5.41, 5.74) is 3.00. The molecule has 0 saturated carbocycles. The first-order valence-corrected chi connectivity index (χ1v) is 8.90. The Labute approximate surface area is 161 Å². The highest BCUT2D eigenvalue weighted by atomic mass is 79.9. The summed E-state index contributed by atoms with van der Waals surface area (Å²) in [6.07, 6.45) is 1.16. The summed E-state index contributed by atoms with van der Waals surface area (Å²) in [4.78, 5) is 12.3. The first kappa shape index (κ1) is 19.9. The van der Waals surface area contributed by atoms with Gasteiger partial charge in [0.25, 0.3) is 0 Å². The highest BCUT2D eigenvalue weighted by Gasteiger charge is 2.19. The van der Waals surface area contributed by atoms with Crippen LogP contribution in [0, 0.1) is 0 Å². The molecule has 3 N–H and O–H groups in total. The molecule has 2 heterocycles. The summed E-state index contributed by atoms with van der Waals surface area (Å²) >= 11 is 3.44. The van der Waals surface area contributed by atoms with Gasteiger partial charge in [-0.05, 0) is 24.1 Å².